The van der Waals surface area contributed by atoms with Crippen molar-refractivity contribution in [3.63, 3.8) is 0 Å². The highest BCUT2D eigenvalue weighted by molar-refractivity contribution is 9.10. The van der Waals surface area contributed by atoms with E-state index in [2.05, 4.69) is 15.9 Å². The summed E-state index contributed by atoms with van der Waals surface area (Å²) in [4.78, 5) is 0. The van der Waals surface area contributed by atoms with E-state index in [1.165, 1.54) is 25.3 Å². The Bertz CT molecular complexity index is 359. The second-order valence-corrected chi connectivity index (χ2v) is 3.77. The molecule has 2 nitrogen and oxygen atoms in total. The van der Waals surface area contributed by atoms with Crippen molar-refractivity contribution in [2.24, 2.45) is 5.73 Å². The molecule has 0 aromatic heterocycles. The van der Waals surface area contributed by atoms with Gasteiger partial charge in [-0.15, -0.1) is 12.4 Å². The number of nitrogens with two attached hydrogens (primary N) is 1. The molecule has 0 bridgehead atoms. The van der Waals surface area contributed by atoms with Gasteiger partial charge in [-0.05, 0) is 33.6 Å². The Morgan fingerprint density at radius 2 is 1.94 bits per heavy atom. The van der Waals surface area contributed by atoms with Crippen LogP contribution in [0.4, 0.5) is 13.2 Å². The number of ether oxygens (including phenoxy) is 1. The molecule has 0 radical (unpaired) electrons. The molecular weight excluding hydrogens is 310 g/mol. The van der Waals surface area contributed by atoms with Gasteiger partial charge >= 0.3 is 6.18 Å². The van der Waals surface area contributed by atoms with Crippen LogP contribution in [0.5, 0.6) is 5.75 Å². The van der Waals surface area contributed by atoms with Gasteiger partial charge in [-0.25, -0.2) is 0 Å². The van der Waals surface area contributed by atoms with Crippen molar-refractivity contribution < 1.29 is 17.9 Å². The molecule has 0 amide bonds. The van der Waals surface area contributed by atoms with Gasteiger partial charge < -0.3 is 10.5 Å². The Hall–Kier alpha value is -0.460. The lowest BCUT2D eigenvalue weighted by atomic mass is 10.1. The number of hydrogen-bond acceptors (Lipinski definition) is 2. The summed E-state index contributed by atoms with van der Waals surface area (Å²) in [6, 6.07) is 2.06. The monoisotopic (exact) mass is 319 g/mol. The zero-order valence-corrected chi connectivity index (χ0v) is 10.6. The number of hydrogen-bond donors (Lipinski definition) is 1. The quantitative estimate of drug-likeness (QED) is 0.906. The van der Waals surface area contributed by atoms with E-state index < -0.39 is 12.2 Å². The van der Waals surface area contributed by atoms with Crippen LogP contribution in [0, 0.1) is 0 Å². The van der Waals surface area contributed by atoms with E-state index in [1.54, 1.807) is 0 Å². The van der Waals surface area contributed by atoms with E-state index in [0.29, 0.717) is 10.2 Å². The van der Waals surface area contributed by atoms with Gasteiger partial charge in [0, 0.05) is 0 Å². The molecule has 0 fully saturated rings. The Labute approximate surface area is 105 Å². The largest absolute Gasteiger partial charge is 0.496 e. The maximum Gasteiger partial charge on any atom is 0.407 e. The molecule has 0 saturated carbocycles. The summed E-state index contributed by atoms with van der Waals surface area (Å²) in [5, 5.41) is 0. The van der Waals surface area contributed by atoms with Crippen LogP contribution in [-0.4, -0.2) is 13.3 Å². The smallest absolute Gasteiger partial charge is 0.407 e. The lowest BCUT2D eigenvalue weighted by molar-refractivity contribution is -0.149. The van der Waals surface area contributed by atoms with Crippen LogP contribution in [0.3, 0.4) is 0 Å². The molecule has 0 heterocycles. The molecule has 92 valence electrons. The second-order valence-electron chi connectivity index (χ2n) is 2.91. The second kappa shape index (κ2) is 5.75. The van der Waals surface area contributed by atoms with Gasteiger partial charge in [0.15, 0.2) is 0 Å². The third-order valence-corrected chi connectivity index (χ3v) is 2.51. The van der Waals surface area contributed by atoms with Crippen LogP contribution in [0.25, 0.3) is 0 Å². The highest BCUT2D eigenvalue weighted by Crippen LogP contribution is 2.34. The molecular formula is C9H10BrClF3NO. The average molecular weight is 321 g/mol. The van der Waals surface area contributed by atoms with Crippen LogP contribution in [-0.2, 0) is 0 Å². The van der Waals surface area contributed by atoms with Crippen LogP contribution >= 0.6 is 28.3 Å². The van der Waals surface area contributed by atoms with Gasteiger partial charge in [-0.3, -0.25) is 0 Å². The molecule has 7 heteroatoms. The highest BCUT2D eigenvalue weighted by atomic mass is 79.9. The summed E-state index contributed by atoms with van der Waals surface area (Å²) in [6.45, 7) is 0. The SMILES string of the molecule is COc1ccc([C@H](N)C(F)(F)F)cc1Br.Cl. The molecule has 0 aliphatic carbocycles. The molecule has 0 spiro atoms. The molecule has 1 rings (SSSR count). The minimum Gasteiger partial charge on any atom is -0.496 e. The average Bonchev–Trinajstić information content (AvgIpc) is 2.15. The number of methoxy groups -OCH3 is 1. The minimum atomic E-state index is -4.44. The van der Waals surface area contributed by atoms with Crippen LogP contribution in [0.2, 0.25) is 0 Å². The van der Waals surface area contributed by atoms with Gasteiger partial charge in [-0.1, -0.05) is 6.07 Å². The summed E-state index contributed by atoms with van der Waals surface area (Å²) < 4.78 is 42.2. The van der Waals surface area contributed by atoms with Gasteiger partial charge in [-0.2, -0.15) is 13.2 Å². The van der Waals surface area contributed by atoms with E-state index in [4.69, 9.17) is 10.5 Å². The number of benzene rings is 1. The summed E-state index contributed by atoms with van der Waals surface area (Å²) in [5.74, 6) is 0.466. The number of rotatable bonds is 2. The first-order valence-corrected chi connectivity index (χ1v) is 4.81. The molecule has 1 aromatic rings. The first-order valence-electron chi connectivity index (χ1n) is 4.02. The van der Waals surface area contributed by atoms with Crippen molar-refractivity contribution in [3.8, 4) is 5.75 Å². The van der Waals surface area contributed by atoms with E-state index in [9.17, 15) is 13.2 Å². The summed E-state index contributed by atoms with van der Waals surface area (Å²) in [7, 11) is 1.43. The molecule has 1 atom stereocenters. The molecule has 16 heavy (non-hydrogen) atoms. The standard InChI is InChI=1S/C9H9BrF3NO.ClH/c1-15-7-3-2-5(4-6(7)10)8(14)9(11,12)13;/h2-4,8H,14H2,1H3;1H/t8-;/m0./s1. The third-order valence-electron chi connectivity index (χ3n) is 1.89. The van der Waals surface area contributed by atoms with Crippen LogP contribution in [0.1, 0.15) is 11.6 Å². The van der Waals surface area contributed by atoms with E-state index in [-0.39, 0.29) is 18.0 Å². The lowest BCUT2D eigenvalue weighted by Crippen LogP contribution is -2.28. The van der Waals surface area contributed by atoms with Gasteiger partial charge in [0.2, 0.25) is 0 Å². The zero-order chi connectivity index (χ0) is 11.6. The highest BCUT2D eigenvalue weighted by Gasteiger charge is 2.37. The van der Waals surface area contributed by atoms with E-state index in [0.717, 1.165) is 0 Å². The van der Waals surface area contributed by atoms with Crippen molar-refractivity contribution in [2.75, 3.05) is 7.11 Å². The fourth-order valence-electron chi connectivity index (χ4n) is 1.07. The third kappa shape index (κ3) is 3.54. The predicted molar refractivity (Wildman–Crippen MR) is 60.9 cm³/mol. The maximum atomic E-state index is 12.3. The summed E-state index contributed by atoms with van der Waals surface area (Å²) in [5.41, 5.74) is 5.04. The molecule has 0 aliphatic heterocycles. The van der Waals surface area contributed by atoms with Crippen molar-refractivity contribution in [1.82, 2.24) is 0 Å². The lowest BCUT2D eigenvalue weighted by Gasteiger charge is -2.16. The fourth-order valence-corrected chi connectivity index (χ4v) is 1.62. The Balaban J connectivity index is 0.00000225. The van der Waals surface area contributed by atoms with Gasteiger partial charge in [0.05, 0.1) is 11.6 Å². The molecule has 0 saturated heterocycles. The van der Waals surface area contributed by atoms with E-state index in [1.807, 2.05) is 0 Å². The van der Waals surface area contributed by atoms with Crippen molar-refractivity contribution in [1.29, 1.82) is 0 Å². The van der Waals surface area contributed by atoms with Gasteiger partial charge in [0.1, 0.15) is 11.8 Å². The van der Waals surface area contributed by atoms with Crippen molar-refractivity contribution >= 4 is 28.3 Å². The van der Waals surface area contributed by atoms with Gasteiger partial charge in [0.25, 0.3) is 0 Å². The number of halogens is 5. The molecule has 0 unspecified atom stereocenters. The number of alkyl halides is 3. The minimum absolute atomic E-state index is 0. The molecule has 0 aliphatic rings. The summed E-state index contributed by atoms with van der Waals surface area (Å²) >= 11 is 3.09. The Kier molecular flexibility index (Phi) is 5.58. The Morgan fingerprint density at radius 1 is 1.38 bits per heavy atom. The summed E-state index contributed by atoms with van der Waals surface area (Å²) in [6.07, 6.45) is -4.44. The van der Waals surface area contributed by atoms with Crippen LogP contribution < -0.4 is 10.5 Å². The molecule has 1 aromatic carbocycles. The first kappa shape index (κ1) is 15.5. The Morgan fingerprint density at radius 3 is 2.31 bits per heavy atom. The maximum absolute atomic E-state index is 12.3. The fraction of sp³-hybridized carbons (Fsp3) is 0.333. The van der Waals surface area contributed by atoms with Crippen molar-refractivity contribution in [3.05, 3.63) is 28.2 Å². The van der Waals surface area contributed by atoms with Crippen molar-refractivity contribution in [2.45, 2.75) is 12.2 Å². The normalized spacial score (nSPS) is 12.9. The predicted octanol–water partition coefficient (Wildman–Crippen LogP) is 3.44. The van der Waals surface area contributed by atoms with Crippen LogP contribution in [0.15, 0.2) is 22.7 Å². The first-order chi connectivity index (χ1) is 6.86. The zero-order valence-electron chi connectivity index (χ0n) is 8.22. The molecule has 2 N–H and O–H groups in total. The van der Waals surface area contributed by atoms with E-state index >= 15 is 0 Å². The topological polar surface area (TPSA) is 35.2 Å².